The van der Waals surface area contributed by atoms with E-state index in [9.17, 15) is 4.79 Å². The van der Waals surface area contributed by atoms with E-state index in [2.05, 4.69) is 15.0 Å². The molecule has 0 saturated heterocycles. The summed E-state index contributed by atoms with van der Waals surface area (Å²) < 4.78 is 7.04. The highest BCUT2D eigenvalue weighted by Gasteiger charge is 2.08. The number of H-pyrrole nitrogens is 1. The minimum Gasteiger partial charge on any atom is -0.464 e. The van der Waals surface area contributed by atoms with Crippen LogP contribution in [0.3, 0.4) is 0 Å². The lowest BCUT2D eigenvalue weighted by Gasteiger charge is -2.03. The molecule has 0 aliphatic carbocycles. The zero-order chi connectivity index (χ0) is 12.4. The Balaban J connectivity index is 2.34. The highest BCUT2D eigenvalue weighted by molar-refractivity contribution is 7.71. The summed E-state index contributed by atoms with van der Waals surface area (Å²) in [6.45, 7) is 2.02. The van der Waals surface area contributed by atoms with Crippen LogP contribution in [0, 0.1) is 4.77 Å². The van der Waals surface area contributed by atoms with Gasteiger partial charge in [0.1, 0.15) is 18.5 Å². The van der Waals surface area contributed by atoms with Crippen LogP contribution in [0.15, 0.2) is 6.33 Å². The molecule has 2 aromatic rings. The lowest BCUT2D eigenvalue weighted by atomic mass is 10.5. The Bertz CT molecular complexity index is 617. The number of rotatable bonds is 3. The number of aromatic amines is 1. The molecule has 0 fully saturated rings. The molecule has 0 radical (unpaired) electrons. The number of ether oxygens (including phenoxy) is 1. The molecule has 0 atom stereocenters. The Kier molecular flexibility index (Phi) is 3.05. The fraction of sp³-hybridized carbons (Fsp3) is 0.333. The van der Waals surface area contributed by atoms with Crippen molar-refractivity contribution in [2.75, 3.05) is 12.3 Å². The van der Waals surface area contributed by atoms with Gasteiger partial charge in [0.2, 0.25) is 0 Å². The number of carbonyl (C=O) groups is 1. The smallest absolute Gasteiger partial charge is 0.302 e. The Morgan fingerprint density at radius 3 is 3.12 bits per heavy atom. The van der Waals surface area contributed by atoms with Crippen molar-refractivity contribution in [3.8, 4) is 0 Å². The van der Waals surface area contributed by atoms with Crippen molar-refractivity contribution >= 4 is 35.2 Å². The van der Waals surface area contributed by atoms with Gasteiger partial charge < -0.3 is 15.5 Å². The Morgan fingerprint density at radius 1 is 1.65 bits per heavy atom. The molecule has 0 aromatic carbocycles. The minimum atomic E-state index is -0.328. The molecule has 0 spiro atoms. The fourth-order valence-electron chi connectivity index (χ4n) is 1.47. The van der Waals surface area contributed by atoms with Crippen molar-refractivity contribution in [3.63, 3.8) is 0 Å². The predicted octanol–water partition coefficient (Wildman–Crippen LogP) is 0.634. The molecule has 0 aliphatic heterocycles. The first-order chi connectivity index (χ1) is 8.09. The number of nitrogens with one attached hydrogen (secondary N) is 1. The van der Waals surface area contributed by atoms with Crippen LogP contribution in [-0.4, -0.2) is 32.1 Å². The number of hydrogen-bond acceptors (Lipinski definition) is 6. The summed E-state index contributed by atoms with van der Waals surface area (Å²) in [6, 6.07) is 0. The normalized spacial score (nSPS) is 10.6. The van der Waals surface area contributed by atoms with E-state index in [0.29, 0.717) is 28.3 Å². The molecule has 0 saturated carbocycles. The SMILES string of the molecule is CC(=O)OCCn1c(=S)[nH]c2c(N)ncnc21. The molecule has 17 heavy (non-hydrogen) atoms. The minimum absolute atomic E-state index is 0.237. The molecular formula is C9H11N5O2S. The average Bonchev–Trinajstić information content (AvgIpc) is 2.57. The van der Waals surface area contributed by atoms with Crippen molar-refractivity contribution in [1.29, 1.82) is 0 Å². The average molecular weight is 253 g/mol. The van der Waals surface area contributed by atoms with Crippen molar-refractivity contribution < 1.29 is 9.53 Å². The Hall–Kier alpha value is -1.96. The predicted molar refractivity (Wildman–Crippen MR) is 63.8 cm³/mol. The highest BCUT2D eigenvalue weighted by Crippen LogP contribution is 2.15. The van der Waals surface area contributed by atoms with Gasteiger partial charge >= 0.3 is 5.97 Å². The van der Waals surface area contributed by atoms with E-state index in [1.807, 2.05) is 0 Å². The summed E-state index contributed by atoms with van der Waals surface area (Å²) in [5, 5.41) is 0. The molecule has 0 aliphatic rings. The molecule has 0 unspecified atom stereocenters. The van der Waals surface area contributed by atoms with E-state index < -0.39 is 0 Å². The number of esters is 1. The van der Waals surface area contributed by atoms with E-state index in [0.717, 1.165) is 0 Å². The van der Waals surface area contributed by atoms with Gasteiger partial charge in [-0.3, -0.25) is 9.36 Å². The molecule has 0 bridgehead atoms. The number of aromatic nitrogens is 4. The summed E-state index contributed by atoms with van der Waals surface area (Å²) in [7, 11) is 0. The van der Waals surface area contributed by atoms with Gasteiger partial charge in [0.15, 0.2) is 16.2 Å². The number of imidazole rings is 1. The van der Waals surface area contributed by atoms with Crippen LogP contribution in [0.1, 0.15) is 6.92 Å². The maximum absolute atomic E-state index is 10.7. The van der Waals surface area contributed by atoms with E-state index in [-0.39, 0.29) is 12.6 Å². The van der Waals surface area contributed by atoms with Gasteiger partial charge in [-0.25, -0.2) is 9.97 Å². The van der Waals surface area contributed by atoms with Gasteiger partial charge in [0, 0.05) is 6.92 Å². The standard InChI is InChI=1S/C9H11N5O2S/c1-5(15)16-3-2-14-8-6(13-9(14)17)7(10)11-4-12-8/h4H,2-3H2,1H3,(H,13,17)(H2,10,11,12). The molecule has 0 amide bonds. The molecule has 90 valence electrons. The summed E-state index contributed by atoms with van der Waals surface area (Å²) in [4.78, 5) is 21.5. The van der Waals surface area contributed by atoms with Crippen LogP contribution in [0.2, 0.25) is 0 Å². The number of nitrogens with two attached hydrogens (primary N) is 1. The maximum Gasteiger partial charge on any atom is 0.302 e. The molecule has 3 N–H and O–H groups in total. The fourth-order valence-corrected chi connectivity index (χ4v) is 1.75. The van der Waals surface area contributed by atoms with Crippen molar-refractivity contribution in [3.05, 3.63) is 11.1 Å². The van der Waals surface area contributed by atoms with Gasteiger partial charge in [0.25, 0.3) is 0 Å². The van der Waals surface area contributed by atoms with Crippen molar-refractivity contribution in [2.45, 2.75) is 13.5 Å². The second-order valence-corrected chi connectivity index (χ2v) is 3.77. The number of anilines is 1. The van der Waals surface area contributed by atoms with Gasteiger partial charge in [-0.05, 0) is 12.2 Å². The Morgan fingerprint density at radius 2 is 2.41 bits per heavy atom. The van der Waals surface area contributed by atoms with Gasteiger partial charge in [-0.1, -0.05) is 0 Å². The lowest BCUT2D eigenvalue weighted by Crippen LogP contribution is -2.09. The monoisotopic (exact) mass is 253 g/mol. The zero-order valence-electron chi connectivity index (χ0n) is 9.14. The first-order valence-corrected chi connectivity index (χ1v) is 5.33. The van der Waals surface area contributed by atoms with Crippen LogP contribution in [0.4, 0.5) is 5.82 Å². The summed E-state index contributed by atoms with van der Waals surface area (Å²) in [5.74, 6) is 0.0119. The quantitative estimate of drug-likeness (QED) is 0.615. The van der Waals surface area contributed by atoms with Crippen molar-refractivity contribution in [2.24, 2.45) is 0 Å². The van der Waals surface area contributed by atoms with Crippen LogP contribution >= 0.6 is 12.2 Å². The molecule has 7 nitrogen and oxygen atoms in total. The van der Waals surface area contributed by atoms with E-state index in [1.165, 1.54) is 13.3 Å². The number of nitrogens with zero attached hydrogens (tertiary/aromatic N) is 3. The van der Waals surface area contributed by atoms with Crippen LogP contribution in [-0.2, 0) is 16.1 Å². The third-order valence-corrected chi connectivity index (χ3v) is 2.53. The van der Waals surface area contributed by atoms with Gasteiger partial charge in [-0.2, -0.15) is 0 Å². The van der Waals surface area contributed by atoms with E-state index in [1.54, 1.807) is 4.57 Å². The molecule has 2 aromatic heterocycles. The number of fused-ring (bicyclic) bond motifs is 1. The lowest BCUT2D eigenvalue weighted by molar-refractivity contribution is -0.141. The Labute approximate surface area is 102 Å². The number of hydrogen-bond donors (Lipinski definition) is 2. The van der Waals surface area contributed by atoms with Gasteiger partial charge in [-0.15, -0.1) is 0 Å². The van der Waals surface area contributed by atoms with Crippen LogP contribution in [0.25, 0.3) is 11.2 Å². The summed E-state index contributed by atoms with van der Waals surface area (Å²) in [5.41, 5.74) is 6.89. The number of nitrogen functional groups attached to an aromatic ring is 1. The largest absolute Gasteiger partial charge is 0.464 e. The first kappa shape index (κ1) is 11.5. The van der Waals surface area contributed by atoms with Crippen molar-refractivity contribution in [1.82, 2.24) is 19.5 Å². The van der Waals surface area contributed by atoms with Gasteiger partial charge in [0.05, 0.1) is 6.54 Å². The summed E-state index contributed by atoms with van der Waals surface area (Å²) in [6.07, 6.45) is 1.36. The first-order valence-electron chi connectivity index (χ1n) is 4.92. The third-order valence-electron chi connectivity index (χ3n) is 2.21. The van der Waals surface area contributed by atoms with Crippen LogP contribution < -0.4 is 5.73 Å². The second-order valence-electron chi connectivity index (χ2n) is 3.38. The van der Waals surface area contributed by atoms with E-state index >= 15 is 0 Å². The highest BCUT2D eigenvalue weighted by atomic mass is 32.1. The second kappa shape index (κ2) is 4.50. The maximum atomic E-state index is 10.7. The number of carbonyl (C=O) groups excluding carboxylic acids is 1. The summed E-state index contributed by atoms with van der Waals surface area (Å²) >= 11 is 5.14. The molecule has 2 rings (SSSR count). The zero-order valence-corrected chi connectivity index (χ0v) is 9.95. The molecular weight excluding hydrogens is 242 g/mol. The molecule has 2 heterocycles. The topological polar surface area (TPSA) is 98.8 Å². The van der Waals surface area contributed by atoms with E-state index in [4.69, 9.17) is 22.7 Å². The van der Waals surface area contributed by atoms with Crippen LogP contribution in [0.5, 0.6) is 0 Å². The molecule has 8 heteroatoms. The third kappa shape index (κ3) is 2.26.